The number of carbonyl (C=O) groups excluding carboxylic acids is 1. The summed E-state index contributed by atoms with van der Waals surface area (Å²) in [6.07, 6.45) is 1.61. The van der Waals surface area contributed by atoms with Crippen molar-refractivity contribution >= 4 is 6.09 Å². The molecule has 0 heterocycles. The van der Waals surface area contributed by atoms with E-state index >= 15 is 0 Å². The number of hydrogen-bond donors (Lipinski definition) is 1. The van der Waals surface area contributed by atoms with Gasteiger partial charge in [0.15, 0.2) is 0 Å². The van der Waals surface area contributed by atoms with Gasteiger partial charge >= 0.3 is 6.09 Å². The second-order valence-electron chi connectivity index (χ2n) is 4.04. The normalized spacial score (nSPS) is 12.1. The fourth-order valence-corrected chi connectivity index (χ4v) is 1.74. The molecule has 0 aromatic heterocycles. The van der Waals surface area contributed by atoms with Gasteiger partial charge in [-0.15, -0.1) is 0 Å². The van der Waals surface area contributed by atoms with Gasteiger partial charge in [-0.25, -0.2) is 4.79 Å². The van der Waals surface area contributed by atoms with Crippen LogP contribution in [0.3, 0.4) is 0 Å². The Balaban J connectivity index is 2.66. The summed E-state index contributed by atoms with van der Waals surface area (Å²) in [5, 5.41) is 0. The Hall–Kier alpha value is -1.51. The maximum Gasteiger partial charge on any atom is 0.404 e. The molecule has 0 spiro atoms. The molecule has 0 radical (unpaired) electrons. The third-order valence-electron chi connectivity index (χ3n) is 2.62. The zero-order valence-electron chi connectivity index (χ0n) is 9.90. The number of carbonyl (C=O) groups is 1. The Morgan fingerprint density at radius 2 is 2.25 bits per heavy atom. The molecule has 0 bridgehead atoms. The first-order valence-electron chi connectivity index (χ1n) is 5.64. The zero-order valence-corrected chi connectivity index (χ0v) is 9.90. The first kappa shape index (κ1) is 12.6. The smallest absolute Gasteiger partial charge is 0.404 e. The molecule has 1 amide bonds. The number of nitrogens with two attached hydrogens (primary N) is 1. The minimum absolute atomic E-state index is 0.252. The van der Waals surface area contributed by atoms with Gasteiger partial charge in [0, 0.05) is 0 Å². The summed E-state index contributed by atoms with van der Waals surface area (Å²) in [7, 11) is 0. The second kappa shape index (κ2) is 6.16. The SMILES string of the molecule is CCCC(C)c1cccc(COC(N)=O)c1. The number of ether oxygens (including phenoxy) is 1. The van der Waals surface area contributed by atoms with Crippen molar-refractivity contribution in [3.05, 3.63) is 35.4 Å². The Morgan fingerprint density at radius 1 is 1.50 bits per heavy atom. The molecule has 3 heteroatoms. The summed E-state index contributed by atoms with van der Waals surface area (Å²) in [5.74, 6) is 0.540. The molecule has 16 heavy (non-hydrogen) atoms. The lowest BCUT2D eigenvalue weighted by Crippen LogP contribution is -2.12. The van der Waals surface area contributed by atoms with Gasteiger partial charge in [-0.3, -0.25) is 0 Å². The summed E-state index contributed by atoms with van der Waals surface area (Å²) in [6, 6.07) is 8.10. The van der Waals surface area contributed by atoms with Gasteiger partial charge in [-0.2, -0.15) is 0 Å². The van der Waals surface area contributed by atoms with Crippen molar-refractivity contribution in [3.8, 4) is 0 Å². The average molecular weight is 221 g/mol. The summed E-state index contributed by atoms with van der Waals surface area (Å²) >= 11 is 0. The molecule has 1 unspecified atom stereocenters. The molecule has 1 aromatic carbocycles. The third kappa shape index (κ3) is 3.93. The highest BCUT2D eigenvalue weighted by Gasteiger charge is 2.05. The topological polar surface area (TPSA) is 52.3 Å². The molecule has 3 nitrogen and oxygen atoms in total. The maximum atomic E-state index is 10.5. The Kier molecular flexibility index (Phi) is 4.83. The summed E-state index contributed by atoms with van der Waals surface area (Å²) in [5.41, 5.74) is 7.19. The second-order valence-corrected chi connectivity index (χ2v) is 4.04. The minimum atomic E-state index is -0.730. The van der Waals surface area contributed by atoms with E-state index in [4.69, 9.17) is 10.5 Å². The van der Waals surface area contributed by atoms with Crippen LogP contribution < -0.4 is 5.73 Å². The molecule has 0 aliphatic heterocycles. The van der Waals surface area contributed by atoms with Crippen LogP contribution in [0, 0.1) is 0 Å². The number of primary amides is 1. The fraction of sp³-hybridized carbons (Fsp3) is 0.462. The summed E-state index contributed by atoms with van der Waals surface area (Å²) in [4.78, 5) is 10.5. The number of hydrogen-bond acceptors (Lipinski definition) is 2. The van der Waals surface area contributed by atoms with Gasteiger partial charge in [-0.05, 0) is 23.5 Å². The molecule has 2 N–H and O–H groups in total. The van der Waals surface area contributed by atoms with Crippen LogP contribution in [0.2, 0.25) is 0 Å². The minimum Gasteiger partial charge on any atom is -0.445 e. The summed E-state index contributed by atoms with van der Waals surface area (Å²) < 4.78 is 4.76. The molecule has 0 fully saturated rings. The largest absolute Gasteiger partial charge is 0.445 e. The van der Waals surface area contributed by atoms with Gasteiger partial charge in [0.1, 0.15) is 6.61 Å². The van der Waals surface area contributed by atoms with Crippen LogP contribution in [0.25, 0.3) is 0 Å². The lowest BCUT2D eigenvalue weighted by molar-refractivity contribution is 0.150. The highest BCUT2D eigenvalue weighted by Crippen LogP contribution is 2.21. The predicted octanol–water partition coefficient (Wildman–Crippen LogP) is 3.19. The van der Waals surface area contributed by atoms with Crippen LogP contribution >= 0.6 is 0 Å². The average Bonchev–Trinajstić information content (AvgIpc) is 2.27. The van der Waals surface area contributed by atoms with E-state index in [9.17, 15) is 4.79 Å². The van der Waals surface area contributed by atoms with E-state index < -0.39 is 6.09 Å². The number of benzene rings is 1. The van der Waals surface area contributed by atoms with Gasteiger partial charge in [0.2, 0.25) is 0 Å². The predicted molar refractivity (Wildman–Crippen MR) is 64.1 cm³/mol. The van der Waals surface area contributed by atoms with Crippen molar-refractivity contribution in [3.63, 3.8) is 0 Å². The van der Waals surface area contributed by atoms with E-state index in [-0.39, 0.29) is 6.61 Å². The molecule has 0 saturated carbocycles. The lowest BCUT2D eigenvalue weighted by atomic mass is 9.95. The van der Waals surface area contributed by atoms with E-state index in [1.165, 1.54) is 18.4 Å². The molecule has 0 aliphatic rings. The zero-order chi connectivity index (χ0) is 12.0. The van der Waals surface area contributed by atoms with Gasteiger partial charge in [-0.1, -0.05) is 44.5 Å². The molecular weight excluding hydrogens is 202 g/mol. The quantitative estimate of drug-likeness (QED) is 0.830. The van der Waals surface area contributed by atoms with Crippen LogP contribution in [0.15, 0.2) is 24.3 Å². The van der Waals surface area contributed by atoms with Gasteiger partial charge < -0.3 is 10.5 Å². The Morgan fingerprint density at radius 3 is 2.88 bits per heavy atom. The van der Waals surface area contributed by atoms with Crippen molar-refractivity contribution in [1.82, 2.24) is 0 Å². The lowest BCUT2D eigenvalue weighted by Gasteiger charge is -2.11. The van der Waals surface area contributed by atoms with E-state index in [0.29, 0.717) is 5.92 Å². The third-order valence-corrected chi connectivity index (χ3v) is 2.62. The van der Waals surface area contributed by atoms with E-state index in [1.807, 2.05) is 12.1 Å². The van der Waals surface area contributed by atoms with Crippen molar-refractivity contribution in [2.24, 2.45) is 5.73 Å². The van der Waals surface area contributed by atoms with Gasteiger partial charge in [0.25, 0.3) is 0 Å². The standard InChI is InChI=1S/C13H19NO2/c1-3-5-10(2)12-7-4-6-11(8-12)9-16-13(14)15/h4,6-8,10H,3,5,9H2,1-2H3,(H2,14,15). The Bertz CT molecular complexity index is 350. The first-order valence-corrected chi connectivity index (χ1v) is 5.64. The van der Waals surface area contributed by atoms with Crippen LogP contribution in [-0.4, -0.2) is 6.09 Å². The summed E-state index contributed by atoms with van der Waals surface area (Å²) in [6.45, 7) is 4.64. The van der Waals surface area contributed by atoms with E-state index in [2.05, 4.69) is 26.0 Å². The van der Waals surface area contributed by atoms with Crippen molar-refractivity contribution in [1.29, 1.82) is 0 Å². The monoisotopic (exact) mass is 221 g/mol. The molecule has 0 saturated heterocycles. The Labute approximate surface area is 96.6 Å². The van der Waals surface area contributed by atoms with Crippen molar-refractivity contribution in [2.75, 3.05) is 0 Å². The van der Waals surface area contributed by atoms with Crippen LogP contribution in [0.5, 0.6) is 0 Å². The van der Waals surface area contributed by atoms with Crippen molar-refractivity contribution in [2.45, 2.75) is 39.2 Å². The van der Waals surface area contributed by atoms with Crippen molar-refractivity contribution < 1.29 is 9.53 Å². The molecular formula is C13H19NO2. The first-order chi connectivity index (χ1) is 7.63. The van der Waals surface area contributed by atoms with Crippen LogP contribution in [-0.2, 0) is 11.3 Å². The number of rotatable bonds is 5. The van der Waals surface area contributed by atoms with Crippen LogP contribution in [0.1, 0.15) is 43.7 Å². The van der Waals surface area contributed by atoms with E-state index in [0.717, 1.165) is 5.56 Å². The highest BCUT2D eigenvalue weighted by molar-refractivity contribution is 5.64. The molecule has 1 atom stereocenters. The molecule has 1 rings (SSSR count). The van der Waals surface area contributed by atoms with Gasteiger partial charge in [0.05, 0.1) is 0 Å². The number of amides is 1. The molecule has 1 aromatic rings. The maximum absolute atomic E-state index is 10.5. The highest BCUT2D eigenvalue weighted by atomic mass is 16.5. The van der Waals surface area contributed by atoms with Crippen LogP contribution in [0.4, 0.5) is 4.79 Å². The molecule has 88 valence electrons. The molecule has 0 aliphatic carbocycles. The van der Waals surface area contributed by atoms with E-state index in [1.54, 1.807) is 0 Å². The fourth-order valence-electron chi connectivity index (χ4n) is 1.74.